The Hall–Kier alpha value is -4.13. The molecule has 2 atom stereocenters. The summed E-state index contributed by atoms with van der Waals surface area (Å²) < 4.78 is 62.6. The van der Waals surface area contributed by atoms with E-state index in [1.165, 1.54) is 18.3 Å². The van der Waals surface area contributed by atoms with Crippen LogP contribution in [0.5, 0.6) is 0 Å². The first kappa shape index (κ1) is 29.4. The molecule has 10 nitrogen and oxygen atoms in total. The quantitative estimate of drug-likeness (QED) is 0.295. The van der Waals surface area contributed by atoms with Crippen LogP contribution < -0.4 is 10.6 Å². The number of hydrogen-bond acceptors (Lipinski definition) is 8. The molecule has 0 bridgehead atoms. The van der Waals surface area contributed by atoms with Crippen LogP contribution in [0.2, 0.25) is 0 Å². The van der Waals surface area contributed by atoms with Gasteiger partial charge in [0, 0.05) is 29.2 Å². The first-order valence-electron chi connectivity index (χ1n) is 13.6. The fraction of sp³-hybridized carbons (Fsp3) is 0.379. The number of ether oxygens (including phenoxy) is 1. The average molecular weight is 599 g/mol. The van der Waals surface area contributed by atoms with Crippen LogP contribution in [0.15, 0.2) is 53.8 Å². The van der Waals surface area contributed by atoms with Crippen LogP contribution in [-0.2, 0) is 14.8 Å². The van der Waals surface area contributed by atoms with Crippen LogP contribution in [0, 0.1) is 18.6 Å². The third kappa shape index (κ3) is 6.35. The number of benzene rings is 1. The summed E-state index contributed by atoms with van der Waals surface area (Å²) in [4.78, 5) is 24.8. The summed E-state index contributed by atoms with van der Waals surface area (Å²) in [5.74, 6) is -1.48. The summed E-state index contributed by atoms with van der Waals surface area (Å²) in [7, 11) is -4.11. The van der Waals surface area contributed by atoms with Gasteiger partial charge < -0.3 is 15.4 Å². The fourth-order valence-corrected chi connectivity index (χ4v) is 6.28. The topological polar surface area (TPSA) is 128 Å². The molecule has 3 aromatic heterocycles. The molecule has 1 amide bonds. The van der Waals surface area contributed by atoms with Crippen LogP contribution in [0.25, 0.3) is 22.4 Å². The van der Waals surface area contributed by atoms with E-state index in [1.807, 2.05) is 6.92 Å². The molecule has 0 radical (unpaired) electrons. The van der Waals surface area contributed by atoms with Gasteiger partial charge in [0.05, 0.1) is 17.3 Å². The van der Waals surface area contributed by atoms with E-state index in [-0.39, 0.29) is 45.2 Å². The molecule has 1 fully saturated rings. The number of carbonyl (C=O) groups excluding carboxylic acids is 1. The van der Waals surface area contributed by atoms with E-state index >= 15 is 0 Å². The Balaban J connectivity index is 1.45. The number of anilines is 1. The summed E-state index contributed by atoms with van der Waals surface area (Å²) in [6, 6.07) is 7.06. The highest BCUT2D eigenvalue weighted by Gasteiger charge is 2.28. The Kier molecular flexibility index (Phi) is 7.88. The summed E-state index contributed by atoms with van der Waals surface area (Å²) in [6.07, 6.45) is 5.43. The largest absolute Gasteiger partial charge is 0.444 e. The van der Waals surface area contributed by atoms with E-state index in [0.29, 0.717) is 12.8 Å². The van der Waals surface area contributed by atoms with Gasteiger partial charge in [-0.05, 0) is 71.6 Å². The Morgan fingerprint density at radius 2 is 1.79 bits per heavy atom. The fourth-order valence-electron chi connectivity index (χ4n) is 4.96. The van der Waals surface area contributed by atoms with Crippen molar-refractivity contribution in [3.63, 3.8) is 0 Å². The van der Waals surface area contributed by atoms with E-state index in [1.54, 1.807) is 32.9 Å². The molecular weight excluding hydrogens is 566 g/mol. The van der Waals surface area contributed by atoms with Gasteiger partial charge in [0.1, 0.15) is 11.4 Å². The Morgan fingerprint density at radius 1 is 1.07 bits per heavy atom. The molecule has 0 aliphatic heterocycles. The molecule has 1 unspecified atom stereocenters. The second kappa shape index (κ2) is 11.3. The molecule has 1 aromatic carbocycles. The summed E-state index contributed by atoms with van der Waals surface area (Å²) in [6.45, 7) is 7.19. The number of fused-ring (bicyclic) bond motifs is 1. The van der Waals surface area contributed by atoms with E-state index in [0.717, 1.165) is 40.8 Å². The summed E-state index contributed by atoms with van der Waals surface area (Å²) >= 11 is 0. The van der Waals surface area contributed by atoms with Crippen LogP contribution >= 0.6 is 0 Å². The molecular formula is C29H32F2N6O4S. The van der Waals surface area contributed by atoms with Crippen LogP contribution in [0.3, 0.4) is 0 Å². The number of nitrogens with zero attached hydrogens (tertiary/aromatic N) is 4. The first-order valence-corrected chi connectivity index (χ1v) is 15.0. The molecule has 0 saturated heterocycles. The highest BCUT2D eigenvalue weighted by Crippen LogP contribution is 2.32. The molecule has 4 aromatic rings. The lowest BCUT2D eigenvalue weighted by molar-refractivity contribution is 0.0492. The Labute approximate surface area is 242 Å². The van der Waals surface area contributed by atoms with Gasteiger partial charge in [0.25, 0.3) is 10.0 Å². The summed E-state index contributed by atoms with van der Waals surface area (Å²) in [5, 5.41) is 6.13. The van der Waals surface area contributed by atoms with E-state index in [4.69, 9.17) is 4.74 Å². The van der Waals surface area contributed by atoms with Gasteiger partial charge in [-0.2, -0.15) is 0 Å². The molecule has 5 rings (SSSR count). The predicted molar refractivity (Wildman–Crippen MR) is 153 cm³/mol. The third-order valence-corrected chi connectivity index (χ3v) is 8.54. The van der Waals surface area contributed by atoms with Gasteiger partial charge in [0.2, 0.25) is 0 Å². The molecule has 42 heavy (non-hydrogen) atoms. The van der Waals surface area contributed by atoms with Crippen molar-refractivity contribution in [1.82, 2.24) is 24.2 Å². The van der Waals surface area contributed by atoms with E-state index < -0.39 is 33.4 Å². The maximum atomic E-state index is 14.9. The minimum absolute atomic E-state index is 0.00612. The van der Waals surface area contributed by atoms with Gasteiger partial charge >= 0.3 is 6.09 Å². The Bertz CT molecular complexity index is 1740. The lowest BCUT2D eigenvalue weighted by atomic mass is 9.91. The highest BCUT2D eigenvalue weighted by molar-refractivity contribution is 7.90. The van der Waals surface area contributed by atoms with Crippen LogP contribution in [0.1, 0.15) is 52.0 Å². The monoisotopic (exact) mass is 598 g/mol. The van der Waals surface area contributed by atoms with Crippen molar-refractivity contribution >= 4 is 33.0 Å². The number of aryl methyl sites for hydroxylation is 1. The van der Waals surface area contributed by atoms with Crippen molar-refractivity contribution in [2.24, 2.45) is 0 Å². The molecule has 222 valence electrons. The van der Waals surface area contributed by atoms with Crippen molar-refractivity contribution in [2.45, 2.75) is 76.0 Å². The van der Waals surface area contributed by atoms with Gasteiger partial charge in [-0.1, -0.05) is 17.7 Å². The minimum atomic E-state index is -4.11. The van der Waals surface area contributed by atoms with Gasteiger partial charge in [-0.25, -0.2) is 40.9 Å². The predicted octanol–water partition coefficient (Wildman–Crippen LogP) is 5.56. The SMILES string of the molecule is Cc1ccc(S(=O)(=O)n2cc(-c3ncc(F)c(NC4CCC[C@@H](NC(=O)OC(C)(C)C)C4)n3)c3cc(F)cnc32)cc1. The number of hydrogen-bond donors (Lipinski definition) is 2. The maximum absolute atomic E-state index is 14.9. The zero-order valence-corrected chi connectivity index (χ0v) is 24.5. The van der Waals surface area contributed by atoms with E-state index in [2.05, 4.69) is 25.6 Å². The zero-order chi connectivity index (χ0) is 30.2. The summed E-state index contributed by atoms with van der Waals surface area (Å²) in [5.41, 5.74) is 0.413. The van der Waals surface area contributed by atoms with Gasteiger partial charge in [-0.3, -0.25) is 0 Å². The first-order chi connectivity index (χ1) is 19.8. The second-order valence-electron chi connectivity index (χ2n) is 11.4. The number of halogens is 2. The molecule has 0 spiro atoms. The normalized spacial score (nSPS) is 17.7. The smallest absolute Gasteiger partial charge is 0.407 e. The number of aromatic nitrogens is 4. The van der Waals surface area contributed by atoms with Crippen molar-refractivity contribution in [1.29, 1.82) is 0 Å². The number of nitrogens with one attached hydrogen (secondary N) is 2. The molecule has 1 saturated carbocycles. The molecule has 2 N–H and O–H groups in total. The van der Waals surface area contributed by atoms with Crippen molar-refractivity contribution < 1.29 is 26.7 Å². The minimum Gasteiger partial charge on any atom is -0.444 e. The number of rotatable bonds is 6. The van der Waals surface area contributed by atoms with E-state index in [9.17, 15) is 22.0 Å². The van der Waals surface area contributed by atoms with Gasteiger partial charge in [-0.15, -0.1) is 0 Å². The van der Waals surface area contributed by atoms with Crippen LogP contribution in [0.4, 0.5) is 19.4 Å². The number of pyridine rings is 1. The zero-order valence-electron chi connectivity index (χ0n) is 23.7. The number of amides is 1. The number of carbonyl (C=O) groups is 1. The maximum Gasteiger partial charge on any atom is 0.407 e. The average Bonchev–Trinajstić information content (AvgIpc) is 3.29. The van der Waals surface area contributed by atoms with Crippen molar-refractivity contribution in [3.05, 3.63) is 66.1 Å². The molecule has 1 aliphatic carbocycles. The van der Waals surface area contributed by atoms with Crippen molar-refractivity contribution in [3.8, 4) is 11.4 Å². The van der Waals surface area contributed by atoms with Crippen molar-refractivity contribution in [2.75, 3.05) is 5.32 Å². The molecule has 13 heteroatoms. The second-order valence-corrected chi connectivity index (χ2v) is 13.2. The standard InChI is InChI=1S/C29H32F2N6O4S/c1-17-8-10-21(11-9-17)42(39,40)37-16-23(22-12-18(30)14-33-27(22)37)25-32-15-24(31)26(36-25)34-19-6-5-7-20(13-19)35-28(38)41-29(2,3)4/h8-12,14-16,19-20H,5-7,13H2,1-4H3,(H,35,38)(H,32,34,36)/t19?,20-/m1/s1. The lowest BCUT2D eigenvalue weighted by Gasteiger charge is -2.31. The highest BCUT2D eigenvalue weighted by atomic mass is 32.2. The lowest BCUT2D eigenvalue weighted by Crippen LogP contribution is -2.44. The van der Waals surface area contributed by atoms with Crippen LogP contribution in [-0.4, -0.2) is 51.1 Å². The van der Waals surface area contributed by atoms with Gasteiger partial charge in [0.15, 0.2) is 23.1 Å². The molecule has 3 heterocycles. The number of alkyl carbamates (subject to hydrolysis) is 1. The Morgan fingerprint density at radius 3 is 2.50 bits per heavy atom. The molecule has 1 aliphatic rings. The third-order valence-electron chi connectivity index (χ3n) is 6.88.